The fraction of sp³-hybridized carbons (Fsp3) is 0.429. The molecule has 0 aromatic heterocycles. The van der Waals surface area contributed by atoms with Gasteiger partial charge in [0.05, 0.1) is 0 Å². The monoisotopic (exact) mass is 154 g/mol. The minimum atomic E-state index is -1.20. The highest BCUT2D eigenvalue weighted by atomic mass is 16.4. The number of nitrogens with one attached hydrogen (secondary N) is 1. The van der Waals surface area contributed by atoms with Gasteiger partial charge in [-0.3, -0.25) is 0 Å². The van der Waals surface area contributed by atoms with Crippen molar-refractivity contribution in [3.8, 4) is 6.07 Å². The van der Waals surface area contributed by atoms with E-state index >= 15 is 0 Å². The maximum absolute atomic E-state index is 10.2. The third-order valence-electron chi connectivity index (χ3n) is 0.992. The second-order valence-corrected chi connectivity index (χ2v) is 1.93. The van der Waals surface area contributed by atoms with Crippen molar-refractivity contribution in [1.82, 2.24) is 5.32 Å². The zero-order valence-corrected chi connectivity index (χ0v) is 6.29. The summed E-state index contributed by atoms with van der Waals surface area (Å²) in [6.45, 7) is 2.63. The zero-order chi connectivity index (χ0) is 8.69. The smallest absolute Gasteiger partial charge is 0.347 e. The van der Waals surface area contributed by atoms with E-state index in [1.165, 1.54) is 6.20 Å². The first-order valence-corrected chi connectivity index (χ1v) is 3.29. The van der Waals surface area contributed by atoms with Gasteiger partial charge in [-0.1, -0.05) is 6.92 Å². The number of carbonyl (C=O) groups is 1. The Kier molecular flexibility index (Phi) is 4.58. The average molecular weight is 154 g/mol. The largest absolute Gasteiger partial charge is 0.477 e. The van der Waals surface area contributed by atoms with Crippen molar-refractivity contribution >= 4 is 5.97 Å². The van der Waals surface area contributed by atoms with E-state index in [4.69, 9.17) is 10.4 Å². The molecule has 0 saturated heterocycles. The van der Waals surface area contributed by atoms with Crippen molar-refractivity contribution in [3.63, 3.8) is 0 Å². The zero-order valence-electron chi connectivity index (χ0n) is 6.29. The van der Waals surface area contributed by atoms with Gasteiger partial charge >= 0.3 is 5.97 Å². The van der Waals surface area contributed by atoms with Crippen LogP contribution in [-0.4, -0.2) is 17.6 Å². The fourth-order valence-corrected chi connectivity index (χ4v) is 0.460. The summed E-state index contributed by atoms with van der Waals surface area (Å²) in [6, 6.07) is 1.56. The molecule has 0 aromatic carbocycles. The Hall–Kier alpha value is -1.50. The second-order valence-electron chi connectivity index (χ2n) is 1.93. The van der Waals surface area contributed by atoms with E-state index in [-0.39, 0.29) is 5.57 Å². The van der Waals surface area contributed by atoms with Gasteiger partial charge in [-0.2, -0.15) is 5.26 Å². The van der Waals surface area contributed by atoms with Crippen LogP contribution in [0.3, 0.4) is 0 Å². The molecule has 0 bridgehead atoms. The van der Waals surface area contributed by atoms with Crippen molar-refractivity contribution in [3.05, 3.63) is 11.8 Å². The topological polar surface area (TPSA) is 73.1 Å². The number of nitriles is 1. The number of rotatable bonds is 4. The summed E-state index contributed by atoms with van der Waals surface area (Å²) in [5, 5.41) is 19.3. The number of hydrogen-bond acceptors (Lipinski definition) is 3. The Labute approximate surface area is 65.1 Å². The third-order valence-corrected chi connectivity index (χ3v) is 0.992. The number of carboxylic acids is 1. The van der Waals surface area contributed by atoms with Gasteiger partial charge in [-0.05, 0) is 6.42 Å². The molecule has 0 fully saturated rings. The molecule has 4 heteroatoms. The van der Waals surface area contributed by atoms with E-state index in [0.717, 1.165) is 6.42 Å². The lowest BCUT2D eigenvalue weighted by molar-refractivity contribution is -0.132. The quantitative estimate of drug-likeness (QED) is 0.351. The first kappa shape index (κ1) is 9.50. The van der Waals surface area contributed by atoms with Crippen LogP contribution in [0.15, 0.2) is 11.8 Å². The van der Waals surface area contributed by atoms with Crippen LogP contribution in [0.25, 0.3) is 0 Å². The molecule has 2 N–H and O–H groups in total. The first-order chi connectivity index (χ1) is 5.22. The van der Waals surface area contributed by atoms with Gasteiger partial charge in [-0.25, -0.2) is 4.79 Å². The highest BCUT2D eigenvalue weighted by Crippen LogP contribution is 1.88. The van der Waals surface area contributed by atoms with Gasteiger partial charge < -0.3 is 10.4 Å². The molecule has 4 nitrogen and oxygen atoms in total. The molecule has 11 heavy (non-hydrogen) atoms. The van der Waals surface area contributed by atoms with E-state index < -0.39 is 5.97 Å². The van der Waals surface area contributed by atoms with Crippen LogP contribution < -0.4 is 5.32 Å². The van der Waals surface area contributed by atoms with E-state index in [2.05, 4.69) is 5.32 Å². The van der Waals surface area contributed by atoms with E-state index in [1.54, 1.807) is 6.07 Å². The standard InChI is InChI=1S/C7H10N2O2/c1-2-3-9-5-6(4-8)7(10)11/h5,9H,2-3H2,1H3,(H,10,11)/b6-5-. The van der Waals surface area contributed by atoms with Gasteiger partial charge in [0.25, 0.3) is 0 Å². The van der Waals surface area contributed by atoms with Crippen molar-refractivity contribution < 1.29 is 9.90 Å². The summed E-state index contributed by atoms with van der Waals surface area (Å²) in [5.41, 5.74) is -0.265. The molecule has 0 spiro atoms. The summed E-state index contributed by atoms with van der Waals surface area (Å²) in [5.74, 6) is -1.20. The van der Waals surface area contributed by atoms with Crippen LogP contribution in [0.1, 0.15) is 13.3 Å². The molecule has 60 valence electrons. The van der Waals surface area contributed by atoms with Crippen molar-refractivity contribution in [2.45, 2.75) is 13.3 Å². The lowest BCUT2D eigenvalue weighted by atomic mass is 10.3. The van der Waals surface area contributed by atoms with Crippen LogP contribution in [0.5, 0.6) is 0 Å². The molecular formula is C7H10N2O2. The Bertz CT molecular complexity index is 203. The second kappa shape index (κ2) is 5.30. The fourth-order valence-electron chi connectivity index (χ4n) is 0.460. The van der Waals surface area contributed by atoms with Crippen LogP contribution in [0.2, 0.25) is 0 Å². The summed E-state index contributed by atoms with van der Waals surface area (Å²) >= 11 is 0. The van der Waals surface area contributed by atoms with Crippen LogP contribution in [0.4, 0.5) is 0 Å². The van der Waals surface area contributed by atoms with Gasteiger partial charge in [0.2, 0.25) is 0 Å². The Balaban J connectivity index is 3.95. The molecule has 0 heterocycles. The predicted octanol–water partition coefficient (Wildman–Crippen LogP) is 0.478. The summed E-state index contributed by atoms with van der Waals surface area (Å²) in [6.07, 6.45) is 2.11. The van der Waals surface area contributed by atoms with Crippen LogP contribution in [0, 0.1) is 11.3 Å². The number of aliphatic carboxylic acids is 1. The molecular weight excluding hydrogens is 144 g/mol. The molecule has 0 aliphatic heterocycles. The highest BCUT2D eigenvalue weighted by Gasteiger charge is 2.03. The lowest BCUT2D eigenvalue weighted by Gasteiger charge is -1.94. The third kappa shape index (κ3) is 3.98. The van der Waals surface area contributed by atoms with Crippen LogP contribution in [-0.2, 0) is 4.79 Å². The average Bonchev–Trinajstić information content (AvgIpc) is 1.97. The lowest BCUT2D eigenvalue weighted by Crippen LogP contribution is -2.09. The maximum Gasteiger partial charge on any atom is 0.347 e. The minimum Gasteiger partial charge on any atom is -0.477 e. The summed E-state index contributed by atoms with van der Waals surface area (Å²) in [4.78, 5) is 10.2. The molecule has 0 amide bonds. The maximum atomic E-state index is 10.2. The molecule has 0 rings (SSSR count). The van der Waals surface area contributed by atoms with Crippen molar-refractivity contribution in [2.75, 3.05) is 6.54 Å². The Morgan fingerprint density at radius 2 is 2.45 bits per heavy atom. The Morgan fingerprint density at radius 1 is 1.82 bits per heavy atom. The van der Waals surface area contributed by atoms with Gasteiger partial charge in [0, 0.05) is 12.7 Å². The number of hydrogen-bond donors (Lipinski definition) is 2. The van der Waals surface area contributed by atoms with E-state index in [0.29, 0.717) is 6.54 Å². The summed E-state index contributed by atoms with van der Waals surface area (Å²) in [7, 11) is 0. The molecule has 0 atom stereocenters. The normalized spacial score (nSPS) is 10.4. The predicted molar refractivity (Wildman–Crippen MR) is 39.6 cm³/mol. The molecule has 0 unspecified atom stereocenters. The molecule has 0 aliphatic rings. The van der Waals surface area contributed by atoms with E-state index in [9.17, 15) is 4.79 Å². The molecule has 0 saturated carbocycles. The molecule has 0 radical (unpaired) electrons. The minimum absolute atomic E-state index is 0.265. The van der Waals surface area contributed by atoms with Gasteiger partial charge in [0.15, 0.2) is 5.57 Å². The van der Waals surface area contributed by atoms with Crippen LogP contribution >= 0.6 is 0 Å². The molecule has 0 aromatic rings. The van der Waals surface area contributed by atoms with Gasteiger partial charge in [-0.15, -0.1) is 0 Å². The SMILES string of the molecule is CCCN/C=C(/C#N)C(=O)O. The number of nitrogens with zero attached hydrogens (tertiary/aromatic N) is 1. The first-order valence-electron chi connectivity index (χ1n) is 3.29. The van der Waals surface area contributed by atoms with E-state index in [1.807, 2.05) is 6.92 Å². The highest BCUT2D eigenvalue weighted by molar-refractivity contribution is 5.90. The van der Waals surface area contributed by atoms with Gasteiger partial charge in [0.1, 0.15) is 6.07 Å². The Morgan fingerprint density at radius 3 is 2.82 bits per heavy atom. The van der Waals surface area contributed by atoms with Crippen molar-refractivity contribution in [2.24, 2.45) is 0 Å². The summed E-state index contributed by atoms with van der Waals surface area (Å²) < 4.78 is 0. The number of carboxylic acid groups (broad SMARTS) is 1. The molecule has 0 aliphatic carbocycles. The van der Waals surface area contributed by atoms with Crippen molar-refractivity contribution in [1.29, 1.82) is 5.26 Å².